The van der Waals surface area contributed by atoms with Gasteiger partial charge in [0.25, 0.3) is 0 Å². The molecule has 1 aliphatic rings. The van der Waals surface area contributed by atoms with Gasteiger partial charge >= 0.3 is 7.12 Å². The number of pyridine rings is 1. The van der Waals surface area contributed by atoms with Crippen LogP contribution in [0.5, 0.6) is 0 Å². The fraction of sp³-hybridized carbons (Fsp3) is 0.184. The van der Waals surface area contributed by atoms with Crippen LogP contribution in [0.25, 0.3) is 44.7 Å². The van der Waals surface area contributed by atoms with Gasteiger partial charge in [-0.25, -0.2) is 15.0 Å². The molecule has 5 nitrogen and oxygen atoms in total. The van der Waals surface area contributed by atoms with Gasteiger partial charge in [-0.1, -0.05) is 91.0 Å². The highest BCUT2D eigenvalue weighted by molar-refractivity contribution is 9.11. The smallest absolute Gasteiger partial charge is 0.399 e. The summed E-state index contributed by atoms with van der Waals surface area (Å²) in [5, 5.41) is 1.03. The maximum atomic E-state index is 6.22. The number of aromatic nitrogens is 3. The normalized spacial score (nSPS) is 15.0. The summed E-state index contributed by atoms with van der Waals surface area (Å²) in [5.41, 5.74) is 7.63. The molecule has 1 aliphatic heterocycles. The van der Waals surface area contributed by atoms with E-state index >= 15 is 0 Å². The molecule has 1 fully saturated rings. The lowest BCUT2D eigenvalue weighted by Gasteiger charge is -2.32. The number of halogens is 2. The molecule has 1 saturated heterocycles. The number of benzene rings is 4. The van der Waals surface area contributed by atoms with E-state index in [4.69, 9.17) is 19.3 Å². The van der Waals surface area contributed by atoms with Crippen LogP contribution < -0.4 is 5.46 Å². The van der Waals surface area contributed by atoms with E-state index in [0.29, 0.717) is 5.82 Å². The average Bonchev–Trinajstić information content (AvgIpc) is 3.29. The van der Waals surface area contributed by atoms with E-state index < -0.39 is 7.12 Å². The minimum Gasteiger partial charge on any atom is -0.399 e. The molecule has 0 bridgehead atoms. The highest BCUT2D eigenvalue weighted by Gasteiger charge is 2.51. The average molecular weight is 735 g/mol. The second-order valence-electron chi connectivity index (χ2n) is 12.3. The molecule has 0 aliphatic carbocycles. The van der Waals surface area contributed by atoms with E-state index in [-0.39, 0.29) is 11.2 Å². The van der Waals surface area contributed by atoms with Crippen molar-refractivity contribution in [3.05, 3.63) is 130 Å². The third-order valence-electron chi connectivity index (χ3n) is 8.55. The number of rotatable bonds is 4. The molecule has 4 aromatic carbocycles. The van der Waals surface area contributed by atoms with Crippen LogP contribution in [-0.4, -0.2) is 33.3 Å². The van der Waals surface area contributed by atoms with E-state index in [2.05, 4.69) is 131 Å². The van der Waals surface area contributed by atoms with Gasteiger partial charge in [0, 0.05) is 27.2 Å². The fourth-order valence-electron chi connectivity index (χ4n) is 5.18. The van der Waals surface area contributed by atoms with Crippen LogP contribution in [0, 0.1) is 6.92 Å². The summed E-state index contributed by atoms with van der Waals surface area (Å²) in [6, 6.07) is 37.3. The van der Waals surface area contributed by atoms with Gasteiger partial charge in [0.2, 0.25) is 0 Å². The Hall–Kier alpha value is -3.69. The summed E-state index contributed by atoms with van der Waals surface area (Å²) in [4.78, 5) is 14.0. The SMILES string of the molecule is CC1(C)OB(c2ccc(-c3nc(-c4cccc(-c5ccccc5)c4)c4ccccc4n3)cc2)OC1(C)C.Cc1cc(Br)ncc1Br. The summed E-state index contributed by atoms with van der Waals surface area (Å²) in [6.45, 7) is 10.3. The van der Waals surface area contributed by atoms with Gasteiger partial charge < -0.3 is 9.31 Å². The second kappa shape index (κ2) is 13.2. The lowest BCUT2D eigenvalue weighted by Crippen LogP contribution is -2.41. The molecule has 0 unspecified atom stereocenters. The molecule has 230 valence electrons. The first-order valence-electron chi connectivity index (χ1n) is 15.2. The summed E-state index contributed by atoms with van der Waals surface area (Å²) >= 11 is 6.61. The maximum absolute atomic E-state index is 6.22. The van der Waals surface area contributed by atoms with Crippen LogP contribution in [0.4, 0.5) is 0 Å². The van der Waals surface area contributed by atoms with Crippen LogP contribution in [0.2, 0.25) is 0 Å². The molecule has 0 spiro atoms. The molecule has 0 N–H and O–H groups in total. The zero-order chi connectivity index (χ0) is 32.5. The maximum Gasteiger partial charge on any atom is 0.494 e. The highest BCUT2D eigenvalue weighted by Crippen LogP contribution is 2.37. The van der Waals surface area contributed by atoms with Crippen LogP contribution >= 0.6 is 31.9 Å². The number of aryl methyl sites for hydroxylation is 1. The summed E-state index contributed by atoms with van der Waals surface area (Å²) < 4.78 is 14.4. The molecule has 7 rings (SSSR count). The molecule has 8 heteroatoms. The Kier molecular flexibility index (Phi) is 9.26. The Morgan fingerprint density at radius 1 is 0.630 bits per heavy atom. The first-order valence-corrected chi connectivity index (χ1v) is 16.8. The van der Waals surface area contributed by atoms with E-state index in [0.717, 1.165) is 47.8 Å². The Morgan fingerprint density at radius 3 is 1.93 bits per heavy atom. The summed E-state index contributed by atoms with van der Waals surface area (Å²) in [5.74, 6) is 0.694. The van der Waals surface area contributed by atoms with Gasteiger partial charge in [-0.15, -0.1) is 0 Å². The van der Waals surface area contributed by atoms with Gasteiger partial charge in [0.15, 0.2) is 5.82 Å². The Bertz CT molecular complexity index is 1980. The van der Waals surface area contributed by atoms with Crippen molar-refractivity contribution in [2.45, 2.75) is 45.8 Å². The summed E-state index contributed by atoms with van der Waals surface area (Å²) in [7, 11) is -0.396. The van der Waals surface area contributed by atoms with Crippen molar-refractivity contribution < 1.29 is 9.31 Å². The predicted molar refractivity (Wildman–Crippen MR) is 196 cm³/mol. The van der Waals surface area contributed by atoms with Gasteiger partial charge in [-0.2, -0.15) is 0 Å². The number of fused-ring (bicyclic) bond motifs is 1. The molecule has 6 aromatic rings. The largest absolute Gasteiger partial charge is 0.494 e. The van der Waals surface area contributed by atoms with Crippen molar-refractivity contribution in [2.75, 3.05) is 0 Å². The predicted octanol–water partition coefficient (Wildman–Crippen LogP) is 9.85. The quantitative estimate of drug-likeness (QED) is 0.133. The van der Waals surface area contributed by atoms with Gasteiger partial charge in [0.1, 0.15) is 4.60 Å². The lowest BCUT2D eigenvalue weighted by atomic mass is 9.79. The molecule has 0 amide bonds. The van der Waals surface area contributed by atoms with E-state index in [9.17, 15) is 0 Å². The minimum atomic E-state index is -0.396. The monoisotopic (exact) mass is 733 g/mol. The van der Waals surface area contributed by atoms with Crippen molar-refractivity contribution in [1.82, 2.24) is 15.0 Å². The molecule has 46 heavy (non-hydrogen) atoms. The van der Waals surface area contributed by atoms with Crippen molar-refractivity contribution in [3.63, 3.8) is 0 Å². The Morgan fingerprint density at radius 2 is 1.26 bits per heavy atom. The molecular formula is C38H34BBr2N3O2. The third-order valence-corrected chi connectivity index (χ3v) is 9.82. The van der Waals surface area contributed by atoms with Crippen molar-refractivity contribution in [2.24, 2.45) is 0 Å². The zero-order valence-electron chi connectivity index (χ0n) is 26.5. The first kappa shape index (κ1) is 32.3. The lowest BCUT2D eigenvalue weighted by molar-refractivity contribution is 0.00578. The van der Waals surface area contributed by atoms with Gasteiger partial charge in [-0.05, 0) is 107 Å². The molecule has 3 heterocycles. The van der Waals surface area contributed by atoms with Crippen LogP contribution in [0.1, 0.15) is 33.3 Å². The summed E-state index contributed by atoms with van der Waals surface area (Å²) in [6.07, 6.45) is 1.78. The molecule has 0 atom stereocenters. The van der Waals surface area contributed by atoms with Gasteiger partial charge in [-0.3, -0.25) is 0 Å². The third kappa shape index (κ3) is 6.86. The second-order valence-corrected chi connectivity index (χ2v) is 14.0. The number of hydrogen-bond acceptors (Lipinski definition) is 5. The number of para-hydroxylation sites is 1. The highest BCUT2D eigenvalue weighted by atomic mass is 79.9. The number of hydrogen-bond donors (Lipinski definition) is 0. The van der Waals surface area contributed by atoms with Crippen molar-refractivity contribution in [3.8, 4) is 33.8 Å². The first-order chi connectivity index (χ1) is 22.0. The zero-order valence-corrected chi connectivity index (χ0v) is 29.6. The molecule has 2 aromatic heterocycles. The molecule has 0 saturated carbocycles. The standard InChI is InChI=1S/C32H29BN2O2.C6H5Br2N/c1-31(2)32(3,4)37-33(36-31)26-19-17-23(18-20-26)30-34-28-16-9-8-15-27(28)29(35-30)25-14-10-13-24(21-25)22-11-6-5-7-12-22;1-4-2-6(8)9-3-5(4)7/h5-21H,1-4H3;2-3H,1H3. The fourth-order valence-corrected chi connectivity index (χ4v) is 5.84. The van der Waals surface area contributed by atoms with Gasteiger partial charge in [0.05, 0.1) is 22.4 Å². The number of nitrogens with zero attached hydrogens (tertiary/aromatic N) is 3. The van der Waals surface area contributed by atoms with Crippen molar-refractivity contribution in [1.29, 1.82) is 0 Å². The minimum absolute atomic E-state index is 0.374. The Labute approximate surface area is 287 Å². The van der Waals surface area contributed by atoms with E-state index in [1.54, 1.807) is 6.20 Å². The van der Waals surface area contributed by atoms with Crippen LogP contribution in [0.3, 0.4) is 0 Å². The molecule has 0 radical (unpaired) electrons. The van der Waals surface area contributed by atoms with E-state index in [1.165, 1.54) is 11.1 Å². The Balaban J connectivity index is 0.000000358. The van der Waals surface area contributed by atoms with Crippen molar-refractivity contribution >= 4 is 55.3 Å². The van der Waals surface area contributed by atoms with Crippen LogP contribution in [0.15, 0.2) is 124 Å². The van der Waals surface area contributed by atoms with Crippen LogP contribution in [-0.2, 0) is 9.31 Å². The molecular weight excluding hydrogens is 701 g/mol. The van der Waals surface area contributed by atoms with E-state index in [1.807, 2.05) is 49.4 Å². The topological polar surface area (TPSA) is 57.1 Å².